The topological polar surface area (TPSA) is 58.8 Å². The minimum atomic E-state index is -0.344. The van der Waals surface area contributed by atoms with E-state index in [0.717, 1.165) is 44.0 Å². The summed E-state index contributed by atoms with van der Waals surface area (Å²) in [6.45, 7) is 11.5. The first kappa shape index (κ1) is 15.6. The van der Waals surface area contributed by atoms with Crippen molar-refractivity contribution >= 4 is 17.3 Å². The number of nitrogen functional groups attached to an aromatic ring is 1. The van der Waals surface area contributed by atoms with Gasteiger partial charge in [-0.2, -0.15) is 0 Å². The highest BCUT2D eigenvalue weighted by Gasteiger charge is 2.20. The molecule has 1 aromatic rings. The van der Waals surface area contributed by atoms with Crippen LogP contribution >= 0.6 is 0 Å². The van der Waals surface area contributed by atoms with Crippen LogP contribution in [0.4, 0.5) is 11.4 Å². The summed E-state index contributed by atoms with van der Waals surface area (Å²) >= 11 is 0. The summed E-state index contributed by atoms with van der Waals surface area (Å²) in [5.41, 5.74) is 9.11. The smallest absolute Gasteiger partial charge is 0.340 e. The largest absolute Gasteiger partial charge is 0.462 e. The lowest BCUT2D eigenvalue weighted by molar-refractivity contribution is 0.0527. The number of rotatable bonds is 4. The van der Waals surface area contributed by atoms with Gasteiger partial charge in [-0.05, 0) is 38.1 Å². The van der Waals surface area contributed by atoms with Gasteiger partial charge in [0.2, 0.25) is 0 Å². The van der Waals surface area contributed by atoms with E-state index in [2.05, 4.69) is 16.7 Å². The molecule has 0 bridgehead atoms. The molecule has 0 aliphatic carbocycles. The van der Waals surface area contributed by atoms with Gasteiger partial charge in [0.1, 0.15) is 0 Å². The molecule has 5 heteroatoms. The zero-order valence-electron chi connectivity index (χ0n) is 13.2. The molecule has 1 aliphatic heterocycles. The van der Waals surface area contributed by atoms with Gasteiger partial charge in [-0.25, -0.2) is 4.79 Å². The van der Waals surface area contributed by atoms with Crippen LogP contribution < -0.4 is 10.6 Å². The Labute approximate surface area is 126 Å². The van der Waals surface area contributed by atoms with Crippen LogP contribution in [0, 0.1) is 6.92 Å². The number of anilines is 2. The number of hydrogen-bond donors (Lipinski definition) is 1. The summed E-state index contributed by atoms with van der Waals surface area (Å²) < 4.78 is 5.08. The van der Waals surface area contributed by atoms with Gasteiger partial charge < -0.3 is 20.3 Å². The third-order valence-electron chi connectivity index (χ3n) is 4.02. The van der Waals surface area contributed by atoms with Gasteiger partial charge in [0.05, 0.1) is 12.2 Å². The van der Waals surface area contributed by atoms with Crippen LogP contribution in [0.25, 0.3) is 0 Å². The van der Waals surface area contributed by atoms with Gasteiger partial charge in [-0.3, -0.25) is 0 Å². The van der Waals surface area contributed by atoms with Crippen molar-refractivity contribution in [1.29, 1.82) is 0 Å². The second kappa shape index (κ2) is 6.80. The van der Waals surface area contributed by atoms with Gasteiger partial charge in [-0.1, -0.05) is 6.92 Å². The van der Waals surface area contributed by atoms with Gasteiger partial charge in [0.25, 0.3) is 0 Å². The Morgan fingerprint density at radius 3 is 2.48 bits per heavy atom. The lowest BCUT2D eigenvalue weighted by Crippen LogP contribution is -2.46. The molecule has 1 fully saturated rings. The number of likely N-dealkylation sites (N-methyl/N-ethyl adjacent to an activating group) is 1. The highest BCUT2D eigenvalue weighted by molar-refractivity contribution is 5.96. The summed E-state index contributed by atoms with van der Waals surface area (Å²) in [6, 6.07) is 3.75. The SMILES string of the molecule is CCOC(=O)c1cc(N2CCN(CC)CC2)c(C)cc1N. The maximum Gasteiger partial charge on any atom is 0.340 e. The molecule has 2 N–H and O–H groups in total. The second-order valence-corrected chi connectivity index (χ2v) is 5.37. The first-order valence-electron chi connectivity index (χ1n) is 7.61. The average molecular weight is 291 g/mol. The Bertz CT molecular complexity index is 508. The van der Waals surface area contributed by atoms with E-state index in [4.69, 9.17) is 10.5 Å². The lowest BCUT2D eigenvalue weighted by atomic mass is 10.1. The Morgan fingerprint density at radius 1 is 1.24 bits per heavy atom. The number of carbonyl (C=O) groups excluding carboxylic acids is 1. The van der Waals surface area contributed by atoms with Crippen LogP contribution in [0.1, 0.15) is 29.8 Å². The van der Waals surface area contributed by atoms with E-state index in [-0.39, 0.29) is 5.97 Å². The number of ether oxygens (including phenoxy) is 1. The molecule has 0 unspecified atom stereocenters. The molecular weight excluding hydrogens is 266 g/mol. The molecule has 1 heterocycles. The number of carbonyl (C=O) groups is 1. The van der Waals surface area contributed by atoms with Gasteiger partial charge in [0.15, 0.2) is 0 Å². The van der Waals surface area contributed by atoms with Gasteiger partial charge >= 0.3 is 5.97 Å². The fourth-order valence-corrected chi connectivity index (χ4v) is 2.75. The number of benzene rings is 1. The van der Waals surface area contributed by atoms with Crippen molar-refractivity contribution in [3.8, 4) is 0 Å². The number of nitrogens with zero attached hydrogens (tertiary/aromatic N) is 2. The van der Waals surface area contributed by atoms with Crippen LogP contribution in [0.3, 0.4) is 0 Å². The molecule has 1 aliphatic rings. The predicted molar refractivity (Wildman–Crippen MR) is 85.9 cm³/mol. The summed E-state index contributed by atoms with van der Waals surface area (Å²) in [5.74, 6) is -0.344. The monoisotopic (exact) mass is 291 g/mol. The minimum Gasteiger partial charge on any atom is -0.462 e. The minimum absolute atomic E-state index is 0.344. The Hall–Kier alpha value is -1.75. The zero-order valence-corrected chi connectivity index (χ0v) is 13.2. The van der Waals surface area contributed by atoms with Crippen molar-refractivity contribution in [2.75, 3.05) is 50.0 Å². The molecule has 116 valence electrons. The molecule has 1 aromatic carbocycles. The number of esters is 1. The van der Waals surface area contributed by atoms with E-state index in [0.29, 0.717) is 17.9 Å². The molecule has 2 rings (SSSR count). The van der Waals surface area contributed by atoms with E-state index >= 15 is 0 Å². The van der Waals surface area contributed by atoms with Crippen LogP contribution in [0.2, 0.25) is 0 Å². The highest BCUT2D eigenvalue weighted by atomic mass is 16.5. The molecule has 5 nitrogen and oxygen atoms in total. The summed E-state index contributed by atoms with van der Waals surface area (Å²) in [7, 11) is 0. The summed E-state index contributed by atoms with van der Waals surface area (Å²) in [5, 5.41) is 0. The fraction of sp³-hybridized carbons (Fsp3) is 0.562. The van der Waals surface area contributed by atoms with Crippen LogP contribution in [-0.4, -0.2) is 50.2 Å². The quantitative estimate of drug-likeness (QED) is 0.678. The molecule has 0 spiro atoms. The van der Waals surface area contributed by atoms with Crippen LogP contribution in [0.15, 0.2) is 12.1 Å². The number of aryl methyl sites for hydroxylation is 1. The summed E-state index contributed by atoms with van der Waals surface area (Å²) in [6.07, 6.45) is 0. The van der Waals surface area contributed by atoms with Crippen LogP contribution in [-0.2, 0) is 4.74 Å². The van der Waals surface area contributed by atoms with E-state index in [1.807, 2.05) is 19.1 Å². The molecular formula is C16H25N3O2. The molecule has 0 aromatic heterocycles. The molecule has 0 radical (unpaired) electrons. The molecule has 0 atom stereocenters. The van der Waals surface area contributed by atoms with Gasteiger partial charge in [0, 0.05) is 37.6 Å². The predicted octanol–water partition coefficient (Wildman–Crippen LogP) is 1.90. The van der Waals surface area contributed by atoms with Crippen LogP contribution in [0.5, 0.6) is 0 Å². The Morgan fingerprint density at radius 2 is 1.90 bits per heavy atom. The first-order chi connectivity index (χ1) is 10.1. The van der Waals surface area contributed by atoms with E-state index in [1.165, 1.54) is 0 Å². The molecule has 0 saturated carbocycles. The van der Waals surface area contributed by atoms with E-state index in [1.54, 1.807) is 6.92 Å². The van der Waals surface area contributed by atoms with Crippen molar-refractivity contribution in [3.05, 3.63) is 23.3 Å². The zero-order chi connectivity index (χ0) is 15.4. The van der Waals surface area contributed by atoms with Crippen molar-refractivity contribution in [2.45, 2.75) is 20.8 Å². The maximum absolute atomic E-state index is 12.0. The van der Waals surface area contributed by atoms with Crippen molar-refractivity contribution < 1.29 is 9.53 Å². The van der Waals surface area contributed by atoms with Gasteiger partial charge in [-0.15, -0.1) is 0 Å². The fourth-order valence-electron chi connectivity index (χ4n) is 2.75. The van der Waals surface area contributed by atoms with Crippen molar-refractivity contribution in [1.82, 2.24) is 4.90 Å². The molecule has 1 saturated heterocycles. The standard InChI is InChI=1S/C16H25N3O2/c1-4-18-6-8-19(9-7-18)15-11-13(16(20)21-5-2)14(17)10-12(15)3/h10-11H,4-9,17H2,1-3H3. The highest BCUT2D eigenvalue weighted by Crippen LogP contribution is 2.27. The Balaban J connectivity index is 2.23. The second-order valence-electron chi connectivity index (χ2n) is 5.37. The number of hydrogen-bond acceptors (Lipinski definition) is 5. The number of nitrogens with two attached hydrogens (primary N) is 1. The summed E-state index contributed by atoms with van der Waals surface area (Å²) in [4.78, 5) is 16.7. The third-order valence-corrected chi connectivity index (χ3v) is 4.02. The third kappa shape index (κ3) is 3.47. The normalized spacial score (nSPS) is 16.0. The van der Waals surface area contributed by atoms with E-state index in [9.17, 15) is 4.79 Å². The van der Waals surface area contributed by atoms with Crippen molar-refractivity contribution in [2.24, 2.45) is 0 Å². The maximum atomic E-state index is 12.0. The Kier molecular flexibility index (Phi) is 5.07. The molecule has 0 amide bonds. The molecule has 21 heavy (non-hydrogen) atoms. The number of piperazine rings is 1. The first-order valence-corrected chi connectivity index (χ1v) is 7.61. The lowest BCUT2D eigenvalue weighted by Gasteiger charge is -2.36. The van der Waals surface area contributed by atoms with E-state index < -0.39 is 0 Å². The average Bonchev–Trinajstić information content (AvgIpc) is 2.48. The van der Waals surface area contributed by atoms with Crippen molar-refractivity contribution in [3.63, 3.8) is 0 Å².